The highest BCUT2D eigenvalue weighted by atomic mass is 32.1. The summed E-state index contributed by atoms with van der Waals surface area (Å²) in [5, 5.41) is 6.13. The molecule has 3 aromatic rings. The monoisotopic (exact) mass is 392 g/mol. The Balaban J connectivity index is 1.48. The molecule has 2 heterocycles. The number of benzene rings is 2. The number of fused-ring (bicyclic) bond motifs is 1. The van der Waals surface area contributed by atoms with Crippen molar-refractivity contribution in [2.24, 2.45) is 5.92 Å². The van der Waals surface area contributed by atoms with Crippen LogP contribution in [0.3, 0.4) is 0 Å². The molecule has 4 nitrogen and oxygen atoms in total. The predicted octanol–water partition coefficient (Wildman–Crippen LogP) is 4.41. The third-order valence-electron chi connectivity index (χ3n) is 5.45. The lowest BCUT2D eigenvalue weighted by Crippen LogP contribution is -2.45. The van der Waals surface area contributed by atoms with Gasteiger partial charge in [-0.2, -0.15) is 11.3 Å². The first-order valence-electron chi connectivity index (χ1n) is 9.66. The number of amides is 2. The normalized spacial score (nSPS) is 16.9. The van der Waals surface area contributed by atoms with E-state index in [9.17, 15) is 9.59 Å². The molecule has 0 radical (unpaired) electrons. The molecule has 1 aliphatic rings. The molecular weight excluding hydrogens is 368 g/mol. The van der Waals surface area contributed by atoms with Gasteiger partial charge in [-0.1, -0.05) is 36.4 Å². The standard InChI is InChI=1S/C23H24N2O2S/c1-24(14-17-11-13-28-16-17)22(26)19-8-5-12-25(15-19)23(27)21-10-4-7-18-6-2-3-9-20(18)21/h2-4,6-7,9-11,13,16,19H,5,8,12,14-15H2,1H3. The number of carbonyl (C=O) groups is 2. The molecule has 2 amide bonds. The molecule has 0 bridgehead atoms. The topological polar surface area (TPSA) is 40.6 Å². The van der Waals surface area contributed by atoms with Gasteiger partial charge >= 0.3 is 0 Å². The van der Waals surface area contributed by atoms with Crippen molar-refractivity contribution >= 4 is 33.9 Å². The average Bonchev–Trinajstić information content (AvgIpc) is 3.25. The van der Waals surface area contributed by atoms with Crippen LogP contribution < -0.4 is 0 Å². The molecule has 1 fully saturated rings. The molecule has 1 unspecified atom stereocenters. The maximum absolute atomic E-state index is 13.2. The van der Waals surface area contributed by atoms with E-state index in [2.05, 4.69) is 5.38 Å². The fourth-order valence-corrected chi connectivity index (χ4v) is 4.65. The minimum absolute atomic E-state index is 0.0230. The van der Waals surface area contributed by atoms with Crippen LogP contribution in [0.25, 0.3) is 10.8 Å². The van der Waals surface area contributed by atoms with Gasteiger partial charge in [0.15, 0.2) is 0 Å². The van der Waals surface area contributed by atoms with Gasteiger partial charge in [-0.25, -0.2) is 0 Å². The number of rotatable bonds is 4. The lowest BCUT2D eigenvalue weighted by atomic mass is 9.95. The maximum atomic E-state index is 13.2. The molecule has 2 aromatic carbocycles. The number of likely N-dealkylation sites (tertiary alicyclic amines) is 1. The zero-order chi connectivity index (χ0) is 19.5. The quantitative estimate of drug-likeness (QED) is 0.660. The van der Waals surface area contributed by atoms with Crippen molar-refractivity contribution in [3.05, 3.63) is 70.4 Å². The van der Waals surface area contributed by atoms with Crippen LogP contribution in [0.5, 0.6) is 0 Å². The molecule has 0 spiro atoms. The van der Waals surface area contributed by atoms with E-state index in [4.69, 9.17) is 0 Å². The molecule has 0 saturated carbocycles. The van der Waals surface area contributed by atoms with E-state index < -0.39 is 0 Å². The van der Waals surface area contributed by atoms with Crippen molar-refractivity contribution in [1.82, 2.24) is 9.80 Å². The summed E-state index contributed by atoms with van der Waals surface area (Å²) in [4.78, 5) is 29.8. The van der Waals surface area contributed by atoms with Crippen LogP contribution in [0.2, 0.25) is 0 Å². The van der Waals surface area contributed by atoms with Crippen LogP contribution in [0.4, 0.5) is 0 Å². The molecular formula is C23H24N2O2S. The van der Waals surface area contributed by atoms with E-state index in [0.29, 0.717) is 19.6 Å². The second-order valence-corrected chi connectivity index (χ2v) is 8.22. The van der Waals surface area contributed by atoms with Crippen LogP contribution in [-0.4, -0.2) is 41.8 Å². The van der Waals surface area contributed by atoms with Crippen molar-refractivity contribution in [2.75, 3.05) is 20.1 Å². The van der Waals surface area contributed by atoms with Gasteiger partial charge in [0.1, 0.15) is 0 Å². The molecule has 28 heavy (non-hydrogen) atoms. The van der Waals surface area contributed by atoms with E-state index >= 15 is 0 Å². The minimum Gasteiger partial charge on any atom is -0.341 e. The molecule has 1 aliphatic heterocycles. The largest absolute Gasteiger partial charge is 0.341 e. The summed E-state index contributed by atoms with van der Waals surface area (Å²) in [5.41, 5.74) is 1.87. The van der Waals surface area contributed by atoms with Crippen LogP contribution >= 0.6 is 11.3 Å². The highest BCUT2D eigenvalue weighted by Crippen LogP contribution is 2.24. The van der Waals surface area contributed by atoms with Crippen LogP contribution in [0, 0.1) is 5.92 Å². The van der Waals surface area contributed by atoms with Crippen LogP contribution in [0.1, 0.15) is 28.8 Å². The van der Waals surface area contributed by atoms with E-state index in [1.807, 2.05) is 65.9 Å². The van der Waals surface area contributed by atoms with E-state index in [1.54, 1.807) is 16.2 Å². The molecule has 1 saturated heterocycles. The Morgan fingerprint density at radius 2 is 1.96 bits per heavy atom. The van der Waals surface area contributed by atoms with Crippen molar-refractivity contribution in [3.8, 4) is 0 Å². The highest BCUT2D eigenvalue weighted by molar-refractivity contribution is 7.07. The van der Waals surface area contributed by atoms with Crippen molar-refractivity contribution in [1.29, 1.82) is 0 Å². The fourth-order valence-electron chi connectivity index (χ4n) is 3.99. The summed E-state index contributed by atoms with van der Waals surface area (Å²) < 4.78 is 0. The van der Waals surface area contributed by atoms with Crippen LogP contribution in [0.15, 0.2) is 59.3 Å². The summed E-state index contributed by atoms with van der Waals surface area (Å²) in [6.07, 6.45) is 1.70. The fraction of sp³-hybridized carbons (Fsp3) is 0.304. The number of thiophene rings is 1. The molecule has 5 heteroatoms. The molecule has 4 rings (SSSR count). The maximum Gasteiger partial charge on any atom is 0.254 e. The molecule has 0 aliphatic carbocycles. The van der Waals surface area contributed by atoms with Gasteiger partial charge in [0.2, 0.25) is 5.91 Å². The summed E-state index contributed by atoms with van der Waals surface area (Å²) in [6, 6.07) is 15.8. The molecule has 0 N–H and O–H groups in total. The lowest BCUT2D eigenvalue weighted by Gasteiger charge is -2.34. The SMILES string of the molecule is CN(Cc1ccsc1)C(=O)C1CCCN(C(=O)c2cccc3ccccc23)C1. The minimum atomic E-state index is -0.128. The van der Waals surface area contributed by atoms with Gasteiger partial charge in [-0.3, -0.25) is 9.59 Å². The number of piperidine rings is 1. The molecule has 1 atom stereocenters. The van der Waals surface area contributed by atoms with Gasteiger partial charge in [-0.05, 0) is 52.1 Å². The van der Waals surface area contributed by atoms with Gasteiger partial charge in [0.05, 0.1) is 5.92 Å². The number of hydrogen-bond acceptors (Lipinski definition) is 3. The number of nitrogens with zero attached hydrogens (tertiary/aromatic N) is 2. The number of carbonyl (C=O) groups excluding carboxylic acids is 2. The van der Waals surface area contributed by atoms with E-state index in [-0.39, 0.29) is 17.7 Å². The van der Waals surface area contributed by atoms with Crippen molar-refractivity contribution in [2.45, 2.75) is 19.4 Å². The zero-order valence-electron chi connectivity index (χ0n) is 16.0. The summed E-state index contributed by atoms with van der Waals surface area (Å²) in [5.74, 6) is 0.0210. The Labute approximate surface area is 169 Å². The van der Waals surface area contributed by atoms with Gasteiger partial charge in [-0.15, -0.1) is 0 Å². The Morgan fingerprint density at radius 1 is 1.14 bits per heavy atom. The van der Waals surface area contributed by atoms with Gasteiger partial charge in [0.25, 0.3) is 5.91 Å². The Kier molecular flexibility index (Phi) is 5.44. The first-order chi connectivity index (χ1) is 13.6. The van der Waals surface area contributed by atoms with Gasteiger partial charge in [0, 0.05) is 32.2 Å². The summed E-state index contributed by atoms with van der Waals surface area (Å²) >= 11 is 1.64. The van der Waals surface area contributed by atoms with Crippen molar-refractivity contribution in [3.63, 3.8) is 0 Å². The van der Waals surface area contributed by atoms with Crippen LogP contribution in [-0.2, 0) is 11.3 Å². The Bertz CT molecular complexity index is 978. The first-order valence-corrected chi connectivity index (χ1v) is 10.6. The summed E-state index contributed by atoms with van der Waals surface area (Å²) in [7, 11) is 1.85. The predicted molar refractivity (Wildman–Crippen MR) is 113 cm³/mol. The molecule has 1 aromatic heterocycles. The van der Waals surface area contributed by atoms with E-state index in [0.717, 1.165) is 34.7 Å². The zero-order valence-corrected chi connectivity index (χ0v) is 16.8. The van der Waals surface area contributed by atoms with E-state index in [1.165, 1.54) is 0 Å². The highest BCUT2D eigenvalue weighted by Gasteiger charge is 2.31. The first kappa shape index (κ1) is 18.7. The lowest BCUT2D eigenvalue weighted by molar-refractivity contribution is -0.136. The second kappa shape index (κ2) is 8.15. The number of hydrogen-bond donors (Lipinski definition) is 0. The average molecular weight is 393 g/mol. The summed E-state index contributed by atoms with van der Waals surface area (Å²) in [6.45, 7) is 1.82. The third kappa shape index (κ3) is 3.80. The Hall–Kier alpha value is -2.66. The Morgan fingerprint density at radius 3 is 2.79 bits per heavy atom. The smallest absolute Gasteiger partial charge is 0.254 e. The van der Waals surface area contributed by atoms with Crippen molar-refractivity contribution < 1.29 is 9.59 Å². The second-order valence-electron chi connectivity index (χ2n) is 7.44. The van der Waals surface area contributed by atoms with Gasteiger partial charge < -0.3 is 9.80 Å². The third-order valence-corrected chi connectivity index (χ3v) is 6.19. The molecule has 144 valence electrons.